The highest BCUT2D eigenvalue weighted by Crippen LogP contribution is 2.31. The Balaban J connectivity index is 1.56. The third-order valence-corrected chi connectivity index (χ3v) is 6.43. The number of piperidine rings is 1. The molecule has 0 amide bonds. The van der Waals surface area contributed by atoms with Crippen molar-refractivity contribution in [1.82, 2.24) is 4.90 Å². The molecule has 1 fully saturated rings. The SMILES string of the molecule is O=C(C[C@H](c1ccccc1)N1CCCCC1)O[C@H](c1ccccc1)c1ccc(Br)cc1. The van der Waals surface area contributed by atoms with E-state index in [1.165, 1.54) is 24.8 Å². The predicted octanol–water partition coefficient (Wildman–Crippen LogP) is 6.70. The summed E-state index contributed by atoms with van der Waals surface area (Å²) in [7, 11) is 0. The summed E-state index contributed by atoms with van der Waals surface area (Å²) in [5.41, 5.74) is 3.13. The van der Waals surface area contributed by atoms with Crippen molar-refractivity contribution < 1.29 is 9.53 Å². The van der Waals surface area contributed by atoms with E-state index >= 15 is 0 Å². The van der Waals surface area contributed by atoms with Crippen molar-refractivity contribution in [3.05, 3.63) is 106 Å². The average molecular weight is 478 g/mol. The molecule has 4 rings (SSSR count). The van der Waals surface area contributed by atoms with Crippen LogP contribution in [-0.4, -0.2) is 24.0 Å². The van der Waals surface area contributed by atoms with Crippen LogP contribution in [0.25, 0.3) is 0 Å². The maximum absolute atomic E-state index is 13.2. The fraction of sp³-hybridized carbons (Fsp3) is 0.296. The summed E-state index contributed by atoms with van der Waals surface area (Å²) in [4.78, 5) is 15.7. The van der Waals surface area contributed by atoms with Crippen molar-refractivity contribution in [1.29, 1.82) is 0 Å². The Bertz CT molecular complexity index is 954. The van der Waals surface area contributed by atoms with Gasteiger partial charge in [0.15, 0.2) is 6.10 Å². The molecule has 1 heterocycles. The van der Waals surface area contributed by atoms with Gasteiger partial charge in [-0.15, -0.1) is 0 Å². The molecule has 0 spiro atoms. The third kappa shape index (κ3) is 5.84. The molecule has 3 aromatic carbocycles. The standard InChI is InChI=1S/C27H28BrNO2/c28-24-16-14-23(15-17-24)27(22-12-6-2-7-13-22)31-26(30)20-25(21-10-4-1-5-11-21)29-18-8-3-9-19-29/h1-2,4-7,10-17,25,27H,3,8-9,18-20H2/t25-,27-/m1/s1. The van der Waals surface area contributed by atoms with Gasteiger partial charge in [-0.3, -0.25) is 9.69 Å². The molecule has 0 saturated carbocycles. The van der Waals surface area contributed by atoms with E-state index in [0.29, 0.717) is 6.42 Å². The normalized spacial score (nSPS) is 16.4. The summed E-state index contributed by atoms with van der Waals surface area (Å²) in [6.45, 7) is 2.06. The quantitative estimate of drug-likeness (QED) is 0.354. The largest absolute Gasteiger partial charge is 0.452 e. The minimum atomic E-state index is -0.417. The maximum Gasteiger partial charge on any atom is 0.308 e. The molecular formula is C27H28BrNO2. The summed E-state index contributed by atoms with van der Waals surface area (Å²) in [6, 6.07) is 28.4. The second-order valence-corrected chi connectivity index (χ2v) is 8.98. The molecule has 0 aromatic heterocycles. The molecule has 1 aliphatic rings. The monoisotopic (exact) mass is 477 g/mol. The van der Waals surface area contributed by atoms with Crippen LogP contribution in [0.2, 0.25) is 0 Å². The molecule has 0 unspecified atom stereocenters. The van der Waals surface area contributed by atoms with Crippen LogP contribution in [0.5, 0.6) is 0 Å². The van der Waals surface area contributed by atoms with Gasteiger partial charge in [-0.25, -0.2) is 0 Å². The van der Waals surface area contributed by atoms with E-state index < -0.39 is 6.10 Å². The lowest BCUT2D eigenvalue weighted by molar-refractivity contribution is -0.149. The first-order valence-electron chi connectivity index (χ1n) is 11.0. The van der Waals surface area contributed by atoms with Crippen molar-refractivity contribution in [3.8, 4) is 0 Å². The maximum atomic E-state index is 13.2. The Morgan fingerprint density at radius 1 is 0.774 bits per heavy atom. The number of benzene rings is 3. The van der Waals surface area contributed by atoms with Crippen LogP contribution < -0.4 is 0 Å². The van der Waals surface area contributed by atoms with Gasteiger partial charge in [0, 0.05) is 10.5 Å². The zero-order chi connectivity index (χ0) is 21.5. The third-order valence-electron chi connectivity index (χ3n) is 5.90. The topological polar surface area (TPSA) is 29.5 Å². The van der Waals surface area contributed by atoms with Gasteiger partial charge in [0.2, 0.25) is 0 Å². The fourth-order valence-corrected chi connectivity index (χ4v) is 4.56. The second kappa shape index (κ2) is 10.7. The zero-order valence-electron chi connectivity index (χ0n) is 17.6. The lowest BCUT2D eigenvalue weighted by Gasteiger charge is -2.34. The number of esters is 1. The second-order valence-electron chi connectivity index (χ2n) is 8.06. The number of halogens is 1. The van der Waals surface area contributed by atoms with E-state index in [9.17, 15) is 4.79 Å². The van der Waals surface area contributed by atoms with E-state index in [4.69, 9.17) is 4.74 Å². The van der Waals surface area contributed by atoms with E-state index in [0.717, 1.165) is 28.7 Å². The Kier molecular flexibility index (Phi) is 7.55. The minimum absolute atomic E-state index is 0.0512. The Labute approximate surface area is 193 Å². The van der Waals surface area contributed by atoms with Crippen LogP contribution in [0.15, 0.2) is 89.4 Å². The van der Waals surface area contributed by atoms with Gasteiger partial charge in [-0.1, -0.05) is 95.1 Å². The van der Waals surface area contributed by atoms with Gasteiger partial charge < -0.3 is 4.74 Å². The molecule has 1 saturated heterocycles. The molecule has 3 nitrogen and oxygen atoms in total. The van der Waals surface area contributed by atoms with E-state index in [2.05, 4.69) is 33.0 Å². The number of carbonyl (C=O) groups excluding carboxylic acids is 1. The molecule has 0 bridgehead atoms. The minimum Gasteiger partial charge on any atom is -0.452 e. The molecule has 0 radical (unpaired) electrons. The highest BCUT2D eigenvalue weighted by molar-refractivity contribution is 9.10. The van der Waals surface area contributed by atoms with Gasteiger partial charge in [0.1, 0.15) is 0 Å². The van der Waals surface area contributed by atoms with E-state index in [-0.39, 0.29) is 12.0 Å². The van der Waals surface area contributed by atoms with Crippen molar-refractivity contribution in [2.24, 2.45) is 0 Å². The Morgan fingerprint density at radius 3 is 1.94 bits per heavy atom. The van der Waals surface area contributed by atoms with Crippen LogP contribution in [0.4, 0.5) is 0 Å². The van der Waals surface area contributed by atoms with Crippen LogP contribution in [-0.2, 0) is 9.53 Å². The molecule has 3 aromatic rings. The Hall–Kier alpha value is -2.43. The summed E-state index contributed by atoms with van der Waals surface area (Å²) in [6.07, 6.45) is 3.57. The number of carbonyl (C=O) groups is 1. The van der Waals surface area contributed by atoms with Crippen LogP contribution in [0.3, 0.4) is 0 Å². The van der Waals surface area contributed by atoms with Crippen LogP contribution in [0.1, 0.15) is 54.5 Å². The lowest BCUT2D eigenvalue weighted by atomic mass is 9.98. The summed E-state index contributed by atoms with van der Waals surface area (Å²) < 4.78 is 7.13. The highest BCUT2D eigenvalue weighted by Gasteiger charge is 2.27. The number of hydrogen-bond donors (Lipinski definition) is 0. The summed E-state index contributed by atoms with van der Waals surface area (Å²) in [5.74, 6) is -0.170. The average Bonchev–Trinajstić information content (AvgIpc) is 2.83. The van der Waals surface area contributed by atoms with E-state index in [1.807, 2.05) is 72.8 Å². The van der Waals surface area contributed by atoms with Crippen molar-refractivity contribution in [3.63, 3.8) is 0 Å². The van der Waals surface area contributed by atoms with Gasteiger partial charge >= 0.3 is 5.97 Å². The first kappa shape index (κ1) is 21.8. The molecule has 4 heteroatoms. The van der Waals surface area contributed by atoms with Crippen LogP contribution in [0, 0.1) is 0 Å². The predicted molar refractivity (Wildman–Crippen MR) is 128 cm³/mol. The van der Waals surface area contributed by atoms with Gasteiger partial charge in [-0.2, -0.15) is 0 Å². The smallest absolute Gasteiger partial charge is 0.308 e. The lowest BCUT2D eigenvalue weighted by Crippen LogP contribution is -2.35. The summed E-state index contributed by atoms with van der Waals surface area (Å²) >= 11 is 3.49. The highest BCUT2D eigenvalue weighted by atomic mass is 79.9. The fourth-order valence-electron chi connectivity index (χ4n) is 4.29. The van der Waals surface area contributed by atoms with Gasteiger partial charge in [0.05, 0.1) is 6.42 Å². The summed E-state index contributed by atoms with van der Waals surface area (Å²) in [5, 5.41) is 0. The van der Waals surface area contributed by atoms with Gasteiger partial charge in [-0.05, 0) is 54.8 Å². The zero-order valence-corrected chi connectivity index (χ0v) is 19.2. The molecule has 160 valence electrons. The first-order valence-corrected chi connectivity index (χ1v) is 11.8. The Morgan fingerprint density at radius 2 is 1.32 bits per heavy atom. The van der Waals surface area contributed by atoms with E-state index in [1.54, 1.807) is 0 Å². The molecule has 0 N–H and O–H groups in total. The molecule has 2 atom stereocenters. The molecular weight excluding hydrogens is 450 g/mol. The van der Waals surface area contributed by atoms with Gasteiger partial charge in [0.25, 0.3) is 0 Å². The van der Waals surface area contributed by atoms with Crippen molar-refractivity contribution in [2.45, 2.75) is 37.8 Å². The molecule has 1 aliphatic heterocycles. The number of rotatable bonds is 7. The molecule has 31 heavy (non-hydrogen) atoms. The number of likely N-dealkylation sites (tertiary alicyclic amines) is 1. The molecule has 0 aliphatic carbocycles. The van der Waals surface area contributed by atoms with Crippen LogP contribution >= 0.6 is 15.9 Å². The van der Waals surface area contributed by atoms with Crippen molar-refractivity contribution >= 4 is 21.9 Å². The van der Waals surface area contributed by atoms with Crippen molar-refractivity contribution in [2.75, 3.05) is 13.1 Å². The number of nitrogens with zero attached hydrogens (tertiary/aromatic N) is 1. The number of ether oxygens (including phenoxy) is 1. The number of hydrogen-bond acceptors (Lipinski definition) is 3. The first-order chi connectivity index (χ1) is 15.2.